The number of carbonyl (C=O) groups excluding carboxylic acids is 4. The molecule has 0 bridgehead atoms. The largest absolute Gasteiger partial charge is 0.460 e. The Hall–Kier alpha value is -4.66. The Labute approximate surface area is 264 Å². The van der Waals surface area contributed by atoms with Gasteiger partial charge in [0.2, 0.25) is 5.91 Å². The van der Waals surface area contributed by atoms with Crippen LogP contribution in [-0.2, 0) is 35.0 Å². The number of nitrogens with one attached hydrogen (secondary N) is 2. The van der Waals surface area contributed by atoms with E-state index in [9.17, 15) is 19.2 Å². The molecule has 0 saturated heterocycles. The molecule has 1 aliphatic rings. The number of alkyl carbamates (subject to hydrolysis) is 1. The Bertz CT molecular complexity index is 1480. The molecule has 2 N–H and O–H groups in total. The van der Waals surface area contributed by atoms with Crippen LogP contribution in [0.2, 0.25) is 0 Å². The molecular weight excluding hydrogens is 572 g/mol. The van der Waals surface area contributed by atoms with Crippen molar-refractivity contribution in [2.45, 2.75) is 83.6 Å². The predicted octanol–water partition coefficient (Wildman–Crippen LogP) is 5.69. The summed E-state index contributed by atoms with van der Waals surface area (Å²) in [6.07, 6.45) is -1.21. The molecule has 1 aliphatic carbocycles. The SMILES string of the molecule is CC(C)(C)OC(=O)C[C@H](NC(=O)OCC1c2ccccc2-c2ccccc21)C(=O)N[C@@H](Cc1ccccc1)C(=O)OC(C)(C)C. The highest BCUT2D eigenvalue weighted by atomic mass is 16.6. The van der Waals surface area contributed by atoms with E-state index in [4.69, 9.17) is 14.2 Å². The van der Waals surface area contributed by atoms with Crippen LogP contribution in [0.1, 0.15) is 70.6 Å². The molecule has 0 aliphatic heterocycles. The Balaban J connectivity index is 1.50. The predicted molar refractivity (Wildman–Crippen MR) is 170 cm³/mol. The Morgan fingerprint density at radius 2 is 1.22 bits per heavy atom. The van der Waals surface area contributed by atoms with Crippen LogP contribution in [0.4, 0.5) is 4.79 Å². The lowest BCUT2D eigenvalue weighted by Crippen LogP contribution is -2.54. The molecule has 238 valence electrons. The van der Waals surface area contributed by atoms with Gasteiger partial charge < -0.3 is 24.8 Å². The van der Waals surface area contributed by atoms with Gasteiger partial charge >= 0.3 is 18.0 Å². The molecule has 0 spiro atoms. The number of ether oxygens (including phenoxy) is 3. The quantitative estimate of drug-likeness (QED) is 0.222. The average molecular weight is 615 g/mol. The summed E-state index contributed by atoms with van der Waals surface area (Å²) < 4.78 is 16.6. The molecule has 3 aromatic carbocycles. The van der Waals surface area contributed by atoms with Gasteiger partial charge in [-0.1, -0.05) is 78.9 Å². The van der Waals surface area contributed by atoms with E-state index in [1.165, 1.54) is 0 Å². The molecule has 45 heavy (non-hydrogen) atoms. The first-order chi connectivity index (χ1) is 21.2. The molecule has 0 saturated carbocycles. The van der Waals surface area contributed by atoms with Gasteiger partial charge in [-0.15, -0.1) is 0 Å². The maximum Gasteiger partial charge on any atom is 0.407 e. The van der Waals surface area contributed by atoms with Gasteiger partial charge in [-0.2, -0.15) is 0 Å². The zero-order valence-corrected chi connectivity index (χ0v) is 26.7. The van der Waals surface area contributed by atoms with Crippen LogP contribution in [0.3, 0.4) is 0 Å². The normalized spacial score (nSPS) is 13.9. The van der Waals surface area contributed by atoms with Gasteiger partial charge in [0.1, 0.15) is 29.9 Å². The Morgan fingerprint density at radius 3 is 1.78 bits per heavy atom. The summed E-state index contributed by atoms with van der Waals surface area (Å²) in [5.41, 5.74) is 3.42. The smallest absolute Gasteiger partial charge is 0.407 e. The molecule has 0 fully saturated rings. The summed E-state index contributed by atoms with van der Waals surface area (Å²) in [6, 6.07) is 22.6. The van der Waals surface area contributed by atoms with Crippen molar-refractivity contribution in [3.8, 4) is 11.1 Å². The number of benzene rings is 3. The van der Waals surface area contributed by atoms with Gasteiger partial charge in [0.25, 0.3) is 0 Å². The number of carbonyl (C=O) groups is 4. The van der Waals surface area contributed by atoms with E-state index in [0.29, 0.717) is 0 Å². The van der Waals surface area contributed by atoms with Crippen molar-refractivity contribution in [1.82, 2.24) is 10.6 Å². The second-order valence-electron chi connectivity index (χ2n) is 13.1. The van der Waals surface area contributed by atoms with Crippen molar-refractivity contribution in [2.24, 2.45) is 0 Å². The van der Waals surface area contributed by atoms with Gasteiger partial charge in [0.15, 0.2) is 0 Å². The molecule has 4 rings (SSSR count). The van der Waals surface area contributed by atoms with E-state index in [1.54, 1.807) is 41.5 Å². The maximum atomic E-state index is 13.6. The topological polar surface area (TPSA) is 120 Å². The van der Waals surface area contributed by atoms with Crippen molar-refractivity contribution in [2.75, 3.05) is 6.61 Å². The summed E-state index contributed by atoms with van der Waals surface area (Å²) in [4.78, 5) is 52.8. The molecule has 0 aromatic heterocycles. The summed E-state index contributed by atoms with van der Waals surface area (Å²) in [6.45, 7) is 10.3. The average Bonchev–Trinajstić information content (AvgIpc) is 3.27. The van der Waals surface area contributed by atoms with Crippen molar-refractivity contribution in [3.63, 3.8) is 0 Å². The van der Waals surface area contributed by atoms with Crippen LogP contribution < -0.4 is 10.6 Å². The first kappa shape index (κ1) is 33.2. The monoisotopic (exact) mass is 614 g/mol. The van der Waals surface area contributed by atoms with Crippen molar-refractivity contribution < 1.29 is 33.4 Å². The van der Waals surface area contributed by atoms with Gasteiger partial charge in [0, 0.05) is 12.3 Å². The molecule has 0 unspecified atom stereocenters. The lowest BCUT2D eigenvalue weighted by atomic mass is 9.98. The van der Waals surface area contributed by atoms with Gasteiger partial charge in [-0.3, -0.25) is 9.59 Å². The van der Waals surface area contributed by atoms with Crippen LogP contribution in [-0.4, -0.2) is 53.8 Å². The maximum absolute atomic E-state index is 13.6. The highest BCUT2D eigenvalue weighted by Crippen LogP contribution is 2.44. The molecule has 2 atom stereocenters. The van der Waals surface area contributed by atoms with E-state index in [2.05, 4.69) is 10.6 Å². The summed E-state index contributed by atoms with van der Waals surface area (Å²) >= 11 is 0. The molecule has 9 nitrogen and oxygen atoms in total. The highest BCUT2D eigenvalue weighted by molar-refractivity contribution is 5.92. The zero-order chi connectivity index (χ0) is 32.8. The van der Waals surface area contributed by atoms with E-state index < -0.39 is 53.6 Å². The third-order valence-electron chi connectivity index (χ3n) is 7.03. The lowest BCUT2D eigenvalue weighted by molar-refractivity contribution is -0.159. The minimum absolute atomic E-state index is 0.0230. The fourth-order valence-corrected chi connectivity index (χ4v) is 5.23. The molecular formula is C36H42N2O7. The summed E-state index contributed by atoms with van der Waals surface area (Å²) in [5, 5.41) is 5.23. The number of esters is 2. The van der Waals surface area contributed by atoms with E-state index in [1.807, 2.05) is 78.9 Å². The number of fused-ring (bicyclic) bond motifs is 3. The summed E-state index contributed by atoms with van der Waals surface area (Å²) in [7, 11) is 0. The first-order valence-electron chi connectivity index (χ1n) is 15.1. The van der Waals surface area contributed by atoms with Crippen molar-refractivity contribution in [3.05, 3.63) is 95.6 Å². The highest BCUT2D eigenvalue weighted by Gasteiger charge is 2.34. The van der Waals surface area contributed by atoms with Crippen LogP contribution in [0.25, 0.3) is 11.1 Å². The molecule has 0 radical (unpaired) electrons. The third kappa shape index (κ3) is 9.41. The van der Waals surface area contributed by atoms with Crippen LogP contribution in [0, 0.1) is 0 Å². The minimum atomic E-state index is -1.38. The third-order valence-corrected chi connectivity index (χ3v) is 7.03. The van der Waals surface area contributed by atoms with Gasteiger partial charge in [-0.05, 0) is 69.4 Å². The second kappa shape index (κ2) is 14.0. The standard InChI is InChI=1S/C36H42N2O7/c1-35(2,3)44-31(39)21-29(32(40)37-30(33(41)45-36(4,5)6)20-23-14-8-7-9-15-23)38-34(42)43-22-28-26-18-12-10-16-24(26)25-17-11-13-19-27(25)28/h7-19,28-30H,20-22H2,1-6H3,(H,37,40)(H,38,42)/t29-,30-/m0/s1. The minimum Gasteiger partial charge on any atom is -0.460 e. The summed E-state index contributed by atoms with van der Waals surface area (Å²) in [5.74, 6) is -2.28. The zero-order valence-electron chi connectivity index (χ0n) is 26.7. The van der Waals surface area contributed by atoms with E-state index in [-0.39, 0.29) is 18.9 Å². The van der Waals surface area contributed by atoms with E-state index >= 15 is 0 Å². The van der Waals surface area contributed by atoms with Crippen LogP contribution in [0.5, 0.6) is 0 Å². The number of hydrogen-bond acceptors (Lipinski definition) is 7. The Morgan fingerprint density at radius 1 is 0.689 bits per heavy atom. The fraction of sp³-hybridized carbons (Fsp3) is 0.389. The molecule has 2 amide bonds. The number of rotatable bonds is 10. The number of amides is 2. The Kier molecular flexibility index (Phi) is 10.3. The molecule has 0 heterocycles. The van der Waals surface area contributed by atoms with Crippen molar-refractivity contribution in [1.29, 1.82) is 0 Å². The lowest BCUT2D eigenvalue weighted by Gasteiger charge is -2.27. The second-order valence-corrected chi connectivity index (χ2v) is 13.1. The van der Waals surface area contributed by atoms with Gasteiger partial charge in [-0.25, -0.2) is 9.59 Å². The van der Waals surface area contributed by atoms with Gasteiger partial charge in [0.05, 0.1) is 6.42 Å². The molecule has 9 heteroatoms. The number of hydrogen-bond donors (Lipinski definition) is 2. The van der Waals surface area contributed by atoms with Crippen molar-refractivity contribution >= 4 is 23.9 Å². The van der Waals surface area contributed by atoms with E-state index in [0.717, 1.165) is 27.8 Å². The first-order valence-corrected chi connectivity index (χ1v) is 15.1. The molecule has 3 aromatic rings. The van der Waals surface area contributed by atoms with Crippen LogP contribution >= 0.6 is 0 Å². The fourth-order valence-electron chi connectivity index (χ4n) is 5.23. The van der Waals surface area contributed by atoms with Crippen LogP contribution in [0.15, 0.2) is 78.9 Å².